The highest BCUT2D eigenvalue weighted by atomic mass is 15.1. The zero-order valence-electron chi connectivity index (χ0n) is 12.0. The molecule has 1 aliphatic carbocycles. The minimum atomic E-state index is 0.212. The van der Waals surface area contributed by atoms with Crippen LogP contribution in [0.3, 0.4) is 0 Å². The Kier molecular flexibility index (Phi) is 3.96. The summed E-state index contributed by atoms with van der Waals surface area (Å²) < 4.78 is 0. The predicted octanol–water partition coefficient (Wildman–Crippen LogP) is 3.22. The van der Waals surface area contributed by atoms with Crippen molar-refractivity contribution in [1.29, 1.82) is 0 Å². The van der Waals surface area contributed by atoms with E-state index in [1.807, 2.05) is 0 Å². The average molecular weight is 246 g/mol. The van der Waals surface area contributed by atoms with Gasteiger partial charge in [0.1, 0.15) is 0 Å². The molecule has 0 heterocycles. The van der Waals surface area contributed by atoms with Gasteiger partial charge in [0.2, 0.25) is 0 Å². The summed E-state index contributed by atoms with van der Waals surface area (Å²) in [5.74, 6) is 0. The van der Waals surface area contributed by atoms with Gasteiger partial charge in [0.15, 0.2) is 0 Å². The van der Waals surface area contributed by atoms with Crippen molar-refractivity contribution in [2.45, 2.75) is 44.4 Å². The van der Waals surface area contributed by atoms with E-state index < -0.39 is 0 Å². The van der Waals surface area contributed by atoms with Gasteiger partial charge >= 0.3 is 0 Å². The van der Waals surface area contributed by atoms with Crippen LogP contribution >= 0.6 is 0 Å². The Morgan fingerprint density at radius 2 is 1.83 bits per heavy atom. The van der Waals surface area contributed by atoms with Gasteiger partial charge in [-0.2, -0.15) is 0 Å². The lowest BCUT2D eigenvalue weighted by Crippen LogP contribution is -2.39. The molecule has 0 spiro atoms. The van der Waals surface area contributed by atoms with Crippen molar-refractivity contribution in [3.63, 3.8) is 0 Å². The number of anilines is 1. The average Bonchev–Trinajstić information content (AvgIpc) is 2.39. The van der Waals surface area contributed by atoms with Crippen LogP contribution in [-0.2, 0) is 5.41 Å². The molecule has 0 atom stereocenters. The smallest absolute Gasteiger partial charge is 0.0402 e. The minimum Gasteiger partial charge on any atom is -0.377 e. The Morgan fingerprint density at radius 1 is 1.17 bits per heavy atom. The Labute approximate surface area is 111 Å². The van der Waals surface area contributed by atoms with Gasteiger partial charge in [-0.3, -0.25) is 0 Å². The van der Waals surface area contributed by atoms with Crippen LogP contribution in [-0.4, -0.2) is 20.6 Å². The van der Waals surface area contributed by atoms with Gasteiger partial charge in [0, 0.05) is 31.7 Å². The monoisotopic (exact) mass is 246 g/mol. The molecule has 0 aliphatic heterocycles. The number of aryl methyl sites for hydroxylation is 1. The van der Waals surface area contributed by atoms with Crippen LogP contribution in [0.1, 0.15) is 43.2 Å². The van der Waals surface area contributed by atoms with Crippen LogP contribution in [0.5, 0.6) is 0 Å². The summed E-state index contributed by atoms with van der Waals surface area (Å²) in [6.07, 6.45) is 6.49. The zero-order chi connectivity index (χ0) is 13.2. The first kappa shape index (κ1) is 13.4. The van der Waals surface area contributed by atoms with Crippen molar-refractivity contribution >= 4 is 5.69 Å². The van der Waals surface area contributed by atoms with Crippen LogP contribution in [0, 0.1) is 6.92 Å². The number of nitrogens with two attached hydrogens (primary N) is 1. The molecule has 100 valence electrons. The summed E-state index contributed by atoms with van der Waals surface area (Å²) in [7, 11) is 4.26. The van der Waals surface area contributed by atoms with Crippen LogP contribution in [0.2, 0.25) is 0 Å². The number of rotatable bonds is 3. The molecule has 1 aromatic carbocycles. The highest BCUT2D eigenvalue weighted by Gasteiger charge is 2.35. The molecular weight excluding hydrogens is 220 g/mol. The third-order valence-electron chi connectivity index (χ3n) is 4.46. The molecule has 1 aliphatic rings. The van der Waals surface area contributed by atoms with Gasteiger partial charge in [-0.15, -0.1) is 0 Å². The largest absolute Gasteiger partial charge is 0.377 e. The summed E-state index contributed by atoms with van der Waals surface area (Å²) in [5, 5.41) is 0. The van der Waals surface area contributed by atoms with Crippen LogP contribution in [0.15, 0.2) is 18.2 Å². The number of hydrogen-bond acceptors (Lipinski definition) is 2. The van der Waals surface area contributed by atoms with E-state index in [0.717, 1.165) is 6.54 Å². The van der Waals surface area contributed by atoms with Gasteiger partial charge in [0.25, 0.3) is 0 Å². The summed E-state index contributed by atoms with van der Waals surface area (Å²) in [4.78, 5) is 2.23. The molecule has 18 heavy (non-hydrogen) atoms. The Bertz CT molecular complexity index is 404. The maximum absolute atomic E-state index is 6.19. The molecule has 0 unspecified atom stereocenters. The van der Waals surface area contributed by atoms with Crippen molar-refractivity contribution < 1.29 is 0 Å². The minimum absolute atomic E-state index is 0.212. The predicted molar refractivity (Wildman–Crippen MR) is 79.3 cm³/mol. The lowest BCUT2D eigenvalue weighted by Gasteiger charge is -2.40. The highest BCUT2D eigenvalue weighted by molar-refractivity contribution is 5.59. The number of hydrogen-bond donors (Lipinski definition) is 1. The Morgan fingerprint density at radius 3 is 2.39 bits per heavy atom. The molecule has 2 N–H and O–H groups in total. The maximum Gasteiger partial charge on any atom is 0.0402 e. The second kappa shape index (κ2) is 5.31. The summed E-state index contributed by atoms with van der Waals surface area (Å²) >= 11 is 0. The topological polar surface area (TPSA) is 29.3 Å². The van der Waals surface area contributed by atoms with Gasteiger partial charge in [-0.25, -0.2) is 0 Å². The third-order valence-corrected chi connectivity index (χ3v) is 4.46. The quantitative estimate of drug-likeness (QED) is 0.887. The van der Waals surface area contributed by atoms with E-state index in [-0.39, 0.29) is 5.41 Å². The first-order chi connectivity index (χ1) is 8.60. The lowest BCUT2D eigenvalue weighted by molar-refractivity contribution is 0.300. The van der Waals surface area contributed by atoms with Crippen molar-refractivity contribution in [1.82, 2.24) is 0 Å². The molecule has 1 saturated carbocycles. The van der Waals surface area contributed by atoms with E-state index in [1.165, 1.54) is 48.9 Å². The second-order valence-corrected chi connectivity index (χ2v) is 5.91. The molecule has 0 radical (unpaired) electrons. The maximum atomic E-state index is 6.19. The van der Waals surface area contributed by atoms with E-state index in [9.17, 15) is 0 Å². The molecule has 0 bridgehead atoms. The van der Waals surface area contributed by atoms with Crippen molar-refractivity contribution in [3.05, 3.63) is 29.3 Å². The van der Waals surface area contributed by atoms with Gasteiger partial charge in [0.05, 0.1) is 0 Å². The molecule has 2 nitrogen and oxygen atoms in total. The normalized spacial score (nSPS) is 18.7. The van der Waals surface area contributed by atoms with E-state index in [4.69, 9.17) is 5.73 Å². The first-order valence-electron chi connectivity index (χ1n) is 7.08. The van der Waals surface area contributed by atoms with Gasteiger partial charge in [-0.1, -0.05) is 31.4 Å². The number of benzene rings is 1. The zero-order valence-corrected chi connectivity index (χ0v) is 12.0. The first-order valence-corrected chi connectivity index (χ1v) is 7.08. The van der Waals surface area contributed by atoms with Crippen LogP contribution in [0.4, 0.5) is 5.69 Å². The van der Waals surface area contributed by atoms with Crippen LogP contribution < -0.4 is 10.6 Å². The fourth-order valence-corrected chi connectivity index (χ4v) is 3.50. The van der Waals surface area contributed by atoms with E-state index in [2.05, 4.69) is 44.1 Å². The lowest BCUT2D eigenvalue weighted by atomic mass is 9.67. The molecule has 0 amide bonds. The molecule has 0 aromatic heterocycles. The Hall–Kier alpha value is -1.02. The summed E-state index contributed by atoms with van der Waals surface area (Å²) in [5.41, 5.74) is 10.6. The fourth-order valence-electron chi connectivity index (χ4n) is 3.50. The van der Waals surface area contributed by atoms with Crippen molar-refractivity contribution in [2.24, 2.45) is 5.73 Å². The fraction of sp³-hybridized carbons (Fsp3) is 0.625. The van der Waals surface area contributed by atoms with Gasteiger partial charge in [-0.05, 0) is 37.0 Å². The van der Waals surface area contributed by atoms with Crippen LogP contribution in [0.25, 0.3) is 0 Å². The second-order valence-electron chi connectivity index (χ2n) is 5.91. The standard InChI is InChI=1S/C16H26N2/c1-13-8-7-9-14(18(2)3)15(13)16(12-17)10-5-4-6-11-16/h7-9H,4-6,10-12,17H2,1-3H3. The molecular formula is C16H26N2. The van der Waals surface area contributed by atoms with Gasteiger partial charge < -0.3 is 10.6 Å². The van der Waals surface area contributed by atoms with E-state index in [1.54, 1.807) is 0 Å². The summed E-state index contributed by atoms with van der Waals surface area (Å²) in [6.45, 7) is 3.01. The SMILES string of the molecule is Cc1cccc(N(C)C)c1C1(CN)CCCCC1. The van der Waals surface area contributed by atoms with Crippen molar-refractivity contribution in [3.8, 4) is 0 Å². The van der Waals surface area contributed by atoms with E-state index in [0.29, 0.717) is 0 Å². The third kappa shape index (κ3) is 2.26. The molecule has 1 fully saturated rings. The molecule has 2 rings (SSSR count). The molecule has 0 saturated heterocycles. The molecule has 2 heteroatoms. The van der Waals surface area contributed by atoms with E-state index >= 15 is 0 Å². The molecule has 1 aromatic rings. The number of nitrogens with zero attached hydrogens (tertiary/aromatic N) is 1. The highest BCUT2D eigenvalue weighted by Crippen LogP contribution is 2.43. The Balaban J connectivity index is 2.53. The summed E-state index contributed by atoms with van der Waals surface area (Å²) in [6, 6.07) is 6.61. The van der Waals surface area contributed by atoms with Crippen molar-refractivity contribution in [2.75, 3.05) is 25.5 Å².